The van der Waals surface area contributed by atoms with E-state index in [1.807, 2.05) is 0 Å². The molecule has 1 aromatic carbocycles. The number of phosphoric acid groups is 1. The van der Waals surface area contributed by atoms with Gasteiger partial charge in [-0.3, -0.25) is 9.05 Å². The Morgan fingerprint density at radius 2 is 1.54 bits per heavy atom. The van der Waals surface area contributed by atoms with Crippen molar-refractivity contribution in [3.05, 3.63) is 54.0 Å². The third-order valence-electron chi connectivity index (χ3n) is 11.9. The van der Waals surface area contributed by atoms with Crippen LogP contribution >= 0.6 is 7.82 Å². The summed E-state index contributed by atoms with van der Waals surface area (Å²) in [6.45, 7) is 5.39. The fraction of sp³-hybridized carbons (Fsp3) is 0.682. The van der Waals surface area contributed by atoms with Crippen molar-refractivity contribution in [2.45, 2.75) is 184 Å². The van der Waals surface area contributed by atoms with Crippen molar-refractivity contribution >= 4 is 19.2 Å². The summed E-state index contributed by atoms with van der Waals surface area (Å²) in [5.74, 6) is -0.445. The van der Waals surface area contributed by atoms with Gasteiger partial charge in [-0.1, -0.05) is 122 Å². The van der Waals surface area contributed by atoms with Gasteiger partial charge < -0.3 is 29.6 Å². The highest BCUT2D eigenvalue weighted by Crippen LogP contribution is 2.74. The molecular formula is C44H63N6O8P. The maximum atomic E-state index is 13.6. The van der Waals surface area contributed by atoms with Gasteiger partial charge in [0.05, 0.1) is 23.9 Å². The highest BCUT2D eigenvalue weighted by Gasteiger charge is 2.95. The number of hydrogen-bond donors (Lipinski definition) is 2. The Morgan fingerprint density at radius 3 is 2.15 bits per heavy atom. The van der Waals surface area contributed by atoms with Gasteiger partial charge in [-0.15, -0.1) is 0 Å². The Hall–Kier alpha value is -3.59. The Morgan fingerprint density at radius 1 is 0.915 bits per heavy atom. The highest BCUT2D eigenvalue weighted by molar-refractivity contribution is 7.47. The zero-order valence-electron chi connectivity index (χ0n) is 35.1. The lowest BCUT2D eigenvalue weighted by molar-refractivity contribution is -0.182. The quantitative estimate of drug-likeness (QED) is 0.0544. The first-order valence-electron chi connectivity index (χ1n) is 21.9. The molecule has 14 nitrogen and oxygen atoms in total. The molecule has 1 spiro atoms. The minimum Gasteiger partial charge on any atom is -0.488 e. The molecule has 3 aromatic rings. The molecule has 6 rings (SSSR count). The van der Waals surface area contributed by atoms with E-state index >= 15 is 0 Å². The molecule has 2 saturated heterocycles. The van der Waals surface area contributed by atoms with Crippen LogP contribution in [0.3, 0.4) is 0 Å². The third kappa shape index (κ3) is 10.7. The highest BCUT2D eigenvalue weighted by atomic mass is 31.2. The number of fused-ring (bicyclic) bond motifs is 1. The second-order valence-electron chi connectivity index (χ2n) is 16.8. The summed E-state index contributed by atoms with van der Waals surface area (Å²) < 4.78 is 51.7. The van der Waals surface area contributed by atoms with Crippen LogP contribution in [0.15, 0.2) is 42.7 Å². The van der Waals surface area contributed by atoms with Gasteiger partial charge in [0, 0.05) is 0 Å². The molecule has 2 aromatic heterocycles. The summed E-state index contributed by atoms with van der Waals surface area (Å²) in [5, 5.41) is 24.3. The van der Waals surface area contributed by atoms with Gasteiger partial charge in [-0.25, -0.2) is 14.1 Å². The fourth-order valence-electron chi connectivity index (χ4n) is 8.84. The molecule has 3 N–H and O–H groups in total. The van der Waals surface area contributed by atoms with Crippen LogP contribution in [0.5, 0.6) is 5.75 Å². The van der Waals surface area contributed by atoms with Crippen LogP contribution in [0.2, 0.25) is 0 Å². The molecule has 3 fully saturated rings. The maximum Gasteiger partial charge on any atom is 0.472 e. The number of benzene rings is 1. The Labute approximate surface area is 349 Å². The smallest absolute Gasteiger partial charge is 0.472 e. The molecule has 0 amide bonds. The number of unbranched alkanes of at least 4 members (excludes halogenated alkanes) is 17. The minimum atomic E-state index is -4.81. The van der Waals surface area contributed by atoms with Gasteiger partial charge in [0.1, 0.15) is 42.0 Å². The van der Waals surface area contributed by atoms with E-state index in [0.29, 0.717) is 28.9 Å². The summed E-state index contributed by atoms with van der Waals surface area (Å²) in [6, 6.07) is 14.5. The molecule has 7 atom stereocenters. The van der Waals surface area contributed by atoms with Gasteiger partial charge in [-0.05, 0) is 57.0 Å². The van der Waals surface area contributed by atoms with Gasteiger partial charge in [0.2, 0.25) is 5.60 Å². The van der Waals surface area contributed by atoms with Crippen LogP contribution in [0.4, 0.5) is 5.82 Å². The van der Waals surface area contributed by atoms with Crippen molar-refractivity contribution in [3.63, 3.8) is 0 Å². The molecule has 2 aliphatic heterocycles. The topological polar surface area (TPSA) is 196 Å². The molecule has 1 saturated carbocycles. The van der Waals surface area contributed by atoms with Crippen molar-refractivity contribution in [1.82, 2.24) is 14.6 Å². The monoisotopic (exact) mass is 834 g/mol. The number of anilines is 1. The molecule has 322 valence electrons. The van der Waals surface area contributed by atoms with Crippen LogP contribution in [-0.2, 0) is 27.8 Å². The van der Waals surface area contributed by atoms with Crippen LogP contribution in [-0.4, -0.2) is 61.4 Å². The zero-order valence-corrected chi connectivity index (χ0v) is 36.0. The summed E-state index contributed by atoms with van der Waals surface area (Å²) in [6.07, 6.45) is 21.2. The van der Waals surface area contributed by atoms with Crippen molar-refractivity contribution in [2.75, 3.05) is 12.3 Å². The first-order chi connectivity index (χ1) is 28.5. The Bertz CT molecular complexity index is 1960. The van der Waals surface area contributed by atoms with Crippen molar-refractivity contribution in [3.8, 4) is 17.9 Å². The number of nitrogens with two attached hydrogens (primary N) is 1. The van der Waals surface area contributed by atoms with Gasteiger partial charge in [-0.2, -0.15) is 15.6 Å². The largest absolute Gasteiger partial charge is 0.488 e. The molecule has 1 aliphatic carbocycles. The molecule has 59 heavy (non-hydrogen) atoms. The van der Waals surface area contributed by atoms with Crippen LogP contribution in [0.1, 0.15) is 160 Å². The second kappa shape index (κ2) is 20.3. The lowest BCUT2D eigenvalue weighted by Gasteiger charge is -2.25. The fourth-order valence-corrected chi connectivity index (χ4v) is 9.82. The number of nitrogen functional groups attached to an aromatic ring is 1. The molecule has 3 aliphatic rings. The number of nitrogens with zero attached hydrogens (tertiary/aromatic N) is 5. The maximum absolute atomic E-state index is 13.6. The summed E-state index contributed by atoms with van der Waals surface area (Å²) in [7, 11) is -4.81. The lowest BCUT2D eigenvalue weighted by atomic mass is 10.0. The van der Waals surface area contributed by atoms with Gasteiger partial charge in [0.25, 0.3) is 0 Å². The first-order valence-corrected chi connectivity index (χ1v) is 23.4. The van der Waals surface area contributed by atoms with Crippen molar-refractivity contribution < 1.29 is 37.5 Å². The van der Waals surface area contributed by atoms with Crippen LogP contribution < -0.4 is 10.5 Å². The summed E-state index contributed by atoms with van der Waals surface area (Å²) >= 11 is 0. The Balaban J connectivity index is 0.968. The zero-order chi connectivity index (χ0) is 41.9. The number of hydrogen-bond acceptors (Lipinski definition) is 12. The normalized spacial score (nSPS) is 25.5. The van der Waals surface area contributed by atoms with Crippen molar-refractivity contribution in [1.29, 1.82) is 10.5 Å². The minimum absolute atomic E-state index is 0.267. The first kappa shape index (κ1) is 44.9. The van der Waals surface area contributed by atoms with Crippen molar-refractivity contribution in [2.24, 2.45) is 0 Å². The molecular weight excluding hydrogens is 771 g/mol. The molecule has 0 radical (unpaired) electrons. The SMILES string of the molecule is CCCCCCCCCCCCCCCCCCCC[C@H](COP(=O)(O)OC1[C@@]2(C#N)O[C@@H](c3ccc4c(N)ncnn34)[C@@H]3OC(C)(C)O[C@@]132)Oc1cccc(C#N)c1. The molecule has 2 unspecified atom stereocenters. The lowest BCUT2D eigenvalue weighted by Crippen LogP contribution is -2.33. The summed E-state index contributed by atoms with van der Waals surface area (Å²) in [5.41, 5.74) is 4.28. The number of aromatic nitrogens is 3. The van der Waals surface area contributed by atoms with E-state index in [4.69, 9.17) is 33.7 Å². The third-order valence-corrected chi connectivity index (χ3v) is 12.8. The van der Waals surface area contributed by atoms with E-state index in [9.17, 15) is 20.0 Å². The second-order valence-corrected chi connectivity index (χ2v) is 18.3. The van der Waals surface area contributed by atoms with Gasteiger partial charge in [0.15, 0.2) is 23.3 Å². The number of rotatable bonds is 27. The van der Waals surface area contributed by atoms with Crippen LogP contribution in [0.25, 0.3) is 5.52 Å². The number of ether oxygens (including phenoxy) is 4. The van der Waals surface area contributed by atoms with Crippen LogP contribution in [0, 0.1) is 22.7 Å². The predicted octanol–water partition coefficient (Wildman–Crippen LogP) is 9.80. The number of phosphoric ester groups is 1. The van der Waals surface area contributed by atoms with E-state index in [1.165, 1.54) is 103 Å². The van der Waals surface area contributed by atoms with E-state index < -0.39 is 49.2 Å². The molecule has 15 heteroatoms. The van der Waals surface area contributed by atoms with E-state index in [0.717, 1.165) is 19.3 Å². The molecule has 4 heterocycles. The average Bonchev–Trinajstić information content (AvgIpc) is 3.57. The molecule has 0 bridgehead atoms. The Kier molecular flexibility index (Phi) is 15.5. The van der Waals surface area contributed by atoms with E-state index in [1.54, 1.807) is 54.8 Å². The standard InChI is InChI=1S/C44H63N6O8P/c1-4-5-6-7-8-9-10-11-12-13-14-15-16-17-18-19-20-21-24-35(54-34-25-22-23-33(28-34)29-45)30-53-59(51,52)57-41-43(31-46)44(41)39(56-42(2,3)58-44)38(55-43)36-26-27-37-40(47)48-32-49-50(36)37/h22-23,25-28,32,35,38-39,41H,4-21,24,30H2,1-3H3,(H,51,52)(H2,47,48,49)/t35-,38+,39+,41?,43-,44-/m1/s1. The number of nitriles is 2. The van der Waals surface area contributed by atoms with E-state index in [-0.39, 0.29) is 12.4 Å². The predicted molar refractivity (Wildman–Crippen MR) is 222 cm³/mol. The summed E-state index contributed by atoms with van der Waals surface area (Å²) in [4.78, 5) is 15.1. The average molecular weight is 835 g/mol. The van der Waals surface area contributed by atoms with Gasteiger partial charge >= 0.3 is 7.82 Å². The van der Waals surface area contributed by atoms with E-state index in [2.05, 4.69) is 29.1 Å².